The number of isothiocyanates is 1. The summed E-state index contributed by atoms with van der Waals surface area (Å²) >= 11 is 6.56. The third-order valence-electron chi connectivity index (χ3n) is 8.14. The largest absolute Gasteiger partial charge is 2.00 e. The average Bonchev–Trinajstić information content (AvgIpc) is 4.01. The number of unbranched alkanes of at least 4 members (excludes halogenated alkanes) is 3. The molecular weight excluding hydrogens is 929 g/mol. The fraction of sp³-hybridized carbons (Fsp3) is 0.175. The molecule has 0 aliphatic carbocycles. The zero-order chi connectivity index (χ0) is 42.2. The normalized spacial score (nSPS) is 10.5. The Labute approximate surface area is 366 Å². The van der Waals surface area contributed by atoms with Gasteiger partial charge in [-0.15, -0.1) is 11.3 Å². The van der Waals surface area contributed by atoms with Crippen molar-refractivity contribution in [2.75, 3.05) is 0 Å². The van der Waals surface area contributed by atoms with Crippen LogP contribution < -0.4 is 19.3 Å². The number of aromatic nitrogens is 6. The van der Waals surface area contributed by atoms with Crippen molar-refractivity contribution in [3.05, 3.63) is 101 Å². The minimum absolute atomic E-state index is 0. The predicted octanol–water partition coefficient (Wildman–Crippen LogP) is 9.65. The molecule has 0 aliphatic heterocycles. The second kappa shape index (κ2) is 23.0. The molecule has 0 saturated heterocycles. The van der Waals surface area contributed by atoms with E-state index in [0.29, 0.717) is 69.1 Å². The van der Waals surface area contributed by atoms with E-state index in [1.54, 1.807) is 53.9 Å². The van der Waals surface area contributed by atoms with Gasteiger partial charge in [0.1, 0.15) is 22.9 Å². The molecule has 7 rings (SSSR count). The van der Waals surface area contributed by atoms with E-state index in [-0.39, 0.29) is 25.2 Å². The molecule has 0 bridgehead atoms. The van der Waals surface area contributed by atoms with Gasteiger partial charge in [0.25, 0.3) is 19.4 Å². The van der Waals surface area contributed by atoms with Crippen LogP contribution in [0, 0.1) is 0 Å². The first kappa shape index (κ1) is 46.8. The monoisotopic (exact) mass is 959 g/mol. The Morgan fingerprint density at radius 3 is 2.12 bits per heavy atom. The van der Waals surface area contributed by atoms with Crippen LogP contribution in [0.15, 0.2) is 84.6 Å². The van der Waals surface area contributed by atoms with Crippen molar-refractivity contribution < 1.29 is 61.2 Å². The third-order valence-corrected chi connectivity index (χ3v) is 10.2. The van der Waals surface area contributed by atoms with E-state index in [0.717, 1.165) is 34.7 Å². The Morgan fingerprint density at radius 1 is 0.817 bits per heavy atom. The van der Waals surface area contributed by atoms with E-state index < -0.39 is 11.9 Å². The second-order valence-electron chi connectivity index (χ2n) is 12.0. The Balaban J connectivity index is 0.000000247. The number of hydrogen-bond donors (Lipinski definition) is 0. The molecule has 0 aromatic carbocycles. The summed E-state index contributed by atoms with van der Waals surface area (Å²) in [6, 6.07) is 16.4. The molecule has 0 radical (unpaired) electrons. The van der Waals surface area contributed by atoms with Gasteiger partial charge in [-0.2, -0.15) is 18.3 Å². The smallest absolute Gasteiger partial charge is 0.753 e. The first-order chi connectivity index (χ1) is 28.6. The molecule has 0 amide bonds. The maximum absolute atomic E-state index is 12.7. The Bertz CT molecular complexity index is 2560. The second-order valence-corrected chi connectivity index (χ2v) is 14.1. The van der Waals surface area contributed by atoms with Crippen LogP contribution in [-0.4, -0.2) is 49.6 Å². The summed E-state index contributed by atoms with van der Waals surface area (Å²) in [6.45, 7) is 3.18. The van der Waals surface area contributed by atoms with Crippen molar-refractivity contribution in [1.29, 1.82) is 0 Å². The van der Waals surface area contributed by atoms with Gasteiger partial charge in [-0.05, 0) is 71.8 Å². The fourth-order valence-electron chi connectivity index (χ4n) is 5.58. The molecule has 308 valence electrons. The minimum Gasteiger partial charge on any atom is -0.753 e. The molecule has 0 aliphatic rings. The molecule has 0 N–H and O–H groups in total. The maximum atomic E-state index is 12.7. The molecule has 0 fully saturated rings. The average molecular weight is 959 g/mol. The Kier molecular flexibility index (Phi) is 18.0. The van der Waals surface area contributed by atoms with E-state index in [2.05, 4.69) is 60.7 Å². The van der Waals surface area contributed by atoms with Crippen molar-refractivity contribution in [2.24, 2.45) is 0 Å². The van der Waals surface area contributed by atoms with Gasteiger partial charge in [0.05, 0.1) is 27.5 Å². The third kappa shape index (κ3) is 12.6. The van der Waals surface area contributed by atoms with Crippen molar-refractivity contribution in [3.63, 3.8) is 0 Å². The quantitative estimate of drug-likeness (QED) is 0.0312. The zero-order valence-corrected chi connectivity index (χ0v) is 35.3. The van der Waals surface area contributed by atoms with Gasteiger partial charge in [0, 0.05) is 47.1 Å². The standard InChI is InChI=1S/C20H11N3O6S.C19H19F3N3S.CNS.Ru/c24-9-27-13-1-3-21-15(7-13)16-5-12-6-18(29-11-26)30-20(12)19(23-16)17-8-14(28-10-25)2-4-22-17;1-2-3-4-5-6-13-8-10-26-18(13)14-7-9-23-15(11-14)16-12-17(25-24-16)19(20,21)22;2-1-3;/h1-11H;7-12H,2-6H2,1H3;;/q;2*-1;+2. The van der Waals surface area contributed by atoms with E-state index in [9.17, 15) is 27.6 Å². The van der Waals surface area contributed by atoms with Gasteiger partial charge < -0.3 is 29.8 Å². The summed E-state index contributed by atoms with van der Waals surface area (Å²) in [5, 5.41) is 18.5. The van der Waals surface area contributed by atoms with Gasteiger partial charge in [-0.25, -0.2) is 4.98 Å². The van der Waals surface area contributed by atoms with Crippen LogP contribution in [0.1, 0.15) is 43.9 Å². The number of fused-ring (bicyclic) bond motifs is 1. The van der Waals surface area contributed by atoms with Crippen LogP contribution in [0.4, 0.5) is 13.2 Å². The number of aryl methyl sites for hydroxylation is 1. The number of thiophene rings is 2. The number of ether oxygens (including phenoxy) is 3. The summed E-state index contributed by atoms with van der Waals surface area (Å²) < 4.78 is 53.7. The molecule has 0 atom stereocenters. The van der Waals surface area contributed by atoms with Crippen LogP contribution in [0.2, 0.25) is 0 Å². The Hall–Kier alpha value is -5.91. The number of hydrogen-bond acceptors (Lipinski definition) is 14. The predicted molar refractivity (Wildman–Crippen MR) is 219 cm³/mol. The first-order valence-electron chi connectivity index (χ1n) is 17.4. The van der Waals surface area contributed by atoms with Crippen LogP contribution in [-0.2, 0) is 46.5 Å². The van der Waals surface area contributed by atoms with Crippen LogP contribution in [0.3, 0.4) is 0 Å². The summed E-state index contributed by atoms with van der Waals surface area (Å²) in [4.78, 5) is 50.7. The summed E-state index contributed by atoms with van der Waals surface area (Å²) in [5.74, 6) is 0.615. The molecule has 0 saturated carbocycles. The molecule has 7 aromatic heterocycles. The van der Waals surface area contributed by atoms with Gasteiger partial charge in [-0.1, -0.05) is 55.4 Å². The number of alkyl halides is 3. The van der Waals surface area contributed by atoms with Gasteiger partial charge in [0.2, 0.25) is 0 Å². The SMILES string of the molecule is CCCCCCc1ccsc1-c1ccnc(-c2cc(C(F)(F)F)n[n-]2)c1.O=COc1ccnc(-c2cc3cc(OC=O)sc3c(-c3cc(OC=O)ccn3)n2)c1.[N-]=C=S.[Ru+2]. The van der Waals surface area contributed by atoms with Gasteiger partial charge in [0.15, 0.2) is 5.06 Å². The number of halogens is 3. The minimum atomic E-state index is -4.50. The van der Waals surface area contributed by atoms with E-state index in [4.69, 9.17) is 19.6 Å². The van der Waals surface area contributed by atoms with Crippen molar-refractivity contribution in [1.82, 2.24) is 30.1 Å². The van der Waals surface area contributed by atoms with Crippen LogP contribution >= 0.6 is 34.9 Å². The summed E-state index contributed by atoms with van der Waals surface area (Å²) in [6.07, 6.45) is 5.86. The number of carbonyl (C=O) groups is 3. The van der Waals surface area contributed by atoms with Crippen LogP contribution in [0.25, 0.3) is 60.1 Å². The molecule has 0 spiro atoms. The molecular formula is C40H30F3N7O6RuS3. The van der Waals surface area contributed by atoms with Gasteiger partial charge in [-0.3, -0.25) is 29.3 Å². The topological polar surface area (TPSA) is 180 Å². The maximum Gasteiger partial charge on any atom is 2.00 e. The number of carbonyl (C=O) groups excluding carboxylic acids is 3. The van der Waals surface area contributed by atoms with Crippen molar-refractivity contribution in [2.45, 2.75) is 45.2 Å². The number of nitrogens with zero attached hydrogens (tertiary/aromatic N) is 7. The molecule has 0 unspecified atom stereocenters. The summed E-state index contributed by atoms with van der Waals surface area (Å²) in [7, 11) is 0. The van der Waals surface area contributed by atoms with Crippen LogP contribution in [0.5, 0.6) is 16.6 Å². The van der Waals surface area contributed by atoms with E-state index in [1.807, 2.05) is 6.07 Å². The molecule has 13 nitrogen and oxygen atoms in total. The number of thiocarbonyl (C=S) groups is 1. The molecule has 60 heavy (non-hydrogen) atoms. The molecule has 7 aromatic rings. The number of pyridine rings is 4. The van der Waals surface area contributed by atoms with Crippen molar-refractivity contribution >= 4 is 69.6 Å². The first-order valence-corrected chi connectivity index (χ1v) is 19.5. The molecule has 7 heterocycles. The van der Waals surface area contributed by atoms with Gasteiger partial charge >= 0.3 is 25.7 Å². The van der Waals surface area contributed by atoms with Crippen molar-refractivity contribution in [3.8, 4) is 61.2 Å². The fourth-order valence-corrected chi connectivity index (χ4v) is 7.49. The summed E-state index contributed by atoms with van der Waals surface area (Å²) in [5.41, 5.74) is 3.63. The Morgan fingerprint density at radius 2 is 1.47 bits per heavy atom. The zero-order valence-electron chi connectivity index (χ0n) is 31.1. The van der Waals surface area contributed by atoms with E-state index >= 15 is 0 Å². The molecule has 20 heteroatoms. The number of rotatable bonds is 15. The van der Waals surface area contributed by atoms with E-state index in [1.165, 1.54) is 59.8 Å².